The summed E-state index contributed by atoms with van der Waals surface area (Å²) in [6.07, 6.45) is 0.877. The number of hydrogen-bond acceptors (Lipinski definition) is 4. The van der Waals surface area contributed by atoms with Crippen molar-refractivity contribution in [2.45, 2.75) is 12.2 Å². The van der Waals surface area contributed by atoms with Crippen LogP contribution in [0.3, 0.4) is 0 Å². The first-order valence-electron chi connectivity index (χ1n) is 4.61. The first-order valence-corrected chi connectivity index (χ1v) is 6.43. The van der Waals surface area contributed by atoms with Crippen LogP contribution in [0.25, 0.3) is 0 Å². The van der Waals surface area contributed by atoms with E-state index in [-0.39, 0.29) is 18.8 Å². The first kappa shape index (κ1) is 10.6. The van der Waals surface area contributed by atoms with E-state index in [1.807, 2.05) is 30.3 Å². The average Bonchev–Trinajstić information content (AvgIpc) is 2.94. The van der Waals surface area contributed by atoms with Gasteiger partial charge in [-0.15, -0.1) is 0 Å². The highest BCUT2D eigenvalue weighted by Gasteiger charge is 2.40. The van der Waals surface area contributed by atoms with Crippen molar-refractivity contribution in [1.29, 1.82) is 0 Å². The smallest absolute Gasteiger partial charge is 0.264 e. The molecule has 0 aliphatic carbocycles. The highest BCUT2D eigenvalue weighted by molar-refractivity contribution is 7.85. The van der Waals surface area contributed by atoms with Crippen molar-refractivity contribution in [3.05, 3.63) is 35.9 Å². The second-order valence-electron chi connectivity index (χ2n) is 3.49. The molecule has 0 radical (unpaired) electrons. The van der Waals surface area contributed by atoms with Crippen LogP contribution in [0.15, 0.2) is 30.3 Å². The van der Waals surface area contributed by atoms with Gasteiger partial charge in [0.25, 0.3) is 10.1 Å². The summed E-state index contributed by atoms with van der Waals surface area (Å²) in [5.41, 5.74) is 1.06. The Balaban J connectivity index is 1.87. The molecule has 0 aromatic heterocycles. The molecule has 0 amide bonds. The third-order valence-electron chi connectivity index (χ3n) is 2.16. The molecule has 2 rings (SSSR count). The highest BCUT2D eigenvalue weighted by Crippen LogP contribution is 2.38. The number of hydrogen-bond donors (Lipinski definition) is 0. The second kappa shape index (κ2) is 3.92. The Labute approximate surface area is 88.9 Å². The van der Waals surface area contributed by atoms with E-state index in [1.54, 1.807) is 0 Å². The fourth-order valence-corrected chi connectivity index (χ4v) is 1.78. The predicted molar refractivity (Wildman–Crippen MR) is 54.9 cm³/mol. The van der Waals surface area contributed by atoms with E-state index in [0.717, 1.165) is 11.8 Å². The Bertz CT molecular complexity index is 426. The van der Waals surface area contributed by atoms with Crippen LogP contribution in [0.1, 0.15) is 11.7 Å². The second-order valence-corrected chi connectivity index (χ2v) is 5.14. The SMILES string of the molecule is CS(=O)(=O)OC[C@@H]1O[C@H]1c1ccccc1. The minimum atomic E-state index is -3.36. The summed E-state index contributed by atoms with van der Waals surface area (Å²) in [5.74, 6) is 0. The van der Waals surface area contributed by atoms with Crippen LogP contribution >= 0.6 is 0 Å². The van der Waals surface area contributed by atoms with Crippen LogP contribution in [-0.4, -0.2) is 27.4 Å². The van der Waals surface area contributed by atoms with Gasteiger partial charge in [0.2, 0.25) is 0 Å². The van der Waals surface area contributed by atoms with Crippen molar-refractivity contribution >= 4 is 10.1 Å². The largest absolute Gasteiger partial charge is 0.362 e. The number of rotatable bonds is 4. The van der Waals surface area contributed by atoms with Crippen molar-refractivity contribution in [3.63, 3.8) is 0 Å². The van der Waals surface area contributed by atoms with Crippen LogP contribution in [0.4, 0.5) is 0 Å². The van der Waals surface area contributed by atoms with Gasteiger partial charge in [0.1, 0.15) is 12.2 Å². The van der Waals surface area contributed by atoms with Crippen molar-refractivity contribution in [3.8, 4) is 0 Å². The monoisotopic (exact) mass is 228 g/mol. The molecule has 1 heterocycles. The fraction of sp³-hybridized carbons (Fsp3) is 0.400. The van der Waals surface area contributed by atoms with Gasteiger partial charge in [0.05, 0.1) is 12.9 Å². The standard InChI is InChI=1S/C10H12O4S/c1-15(11,12)13-7-9-10(14-9)8-5-3-2-4-6-8/h2-6,9-10H,7H2,1H3/t9-,10-/m0/s1. The molecule has 0 unspecified atom stereocenters. The van der Waals surface area contributed by atoms with Crippen molar-refractivity contribution < 1.29 is 17.3 Å². The van der Waals surface area contributed by atoms with Gasteiger partial charge >= 0.3 is 0 Å². The van der Waals surface area contributed by atoms with E-state index in [1.165, 1.54) is 0 Å². The summed E-state index contributed by atoms with van der Waals surface area (Å²) in [6.45, 7) is 0.0956. The molecule has 4 nitrogen and oxygen atoms in total. The number of ether oxygens (including phenoxy) is 1. The lowest BCUT2D eigenvalue weighted by molar-refractivity contribution is 0.266. The molecule has 0 spiro atoms. The molecule has 0 saturated carbocycles. The molecule has 2 atom stereocenters. The maximum atomic E-state index is 10.7. The zero-order chi connectivity index (χ0) is 10.9. The van der Waals surface area contributed by atoms with E-state index < -0.39 is 10.1 Å². The Kier molecular flexibility index (Phi) is 2.77. The lowest BCUT2D eigenvalue weighted by atomic mass is 10.1. The minimum absolute atomic E-state index is 0.0204. The number of benzene rings is 1. The Morgan fingerprint density at radius 2 is 2.00 bits per heavy atom. The molecule has 1 aliphatic rings. The molecule has 5 heteroatoms. The Morgan fingerprint density at radius 1 is 1.33 bits per heavy atom. The third kappa shape index (κ3) is 3.02. The normalized spacial score (nSPS) is 25.1. The first-order chi connectivity index (χ1) is 7.06. The lowest BCUT2D eigenvalue weighted by Crippen LogP contribution is -2.08. The Morgan fingerprint density at radius 3 is 2.60 bits per heavy atom. The molecule has 1 saturated heterocycles. The van der Waals surface area contributed by atoms with Gasteiger partial charge in [-0.25, -0.2) is 0 Å². The van der Waals surface area contributed by atoms with Crippen molar-refractivity contribution in [1.82, 2.24) is 0 Å². The van der Waals surface area contributed by atoms with Gasteiger partial charge in [-0.2, -0.15) is 8.42 Å². The van der Waals surface area contributed by atoms with E-state index in [4.69, 9.17) is 4.74 Å². The average molecular weight is 228 g/mol. The summed E-state index contributed by atoms with van der Waals surface area (Å²) in [5, 5.41) is 0. The van der Waals surface area contributed by atoms with Crippen molar-refractivity contribution in [2.75, 3.05) is 12.9 Å². The lowest BCUT2D eigenvalue weighted by Gasteiger charge is -1.97. The van der Waals surface area contributed by atoms with Gasteiger partial charge in [-0.1, -0.05) is 30.3 Å². The van der Waals surface area contributed by atoms with Gasteiger partial charge in [-0.3, -0.25) is 4.18 Å². The summed E-state index contributed by atoms with van der Waals surface area (Å²) < 4.78 is 31.4. The summed E-state index contributed by atoms with van der Waals surface area (Å²) in [6, 6.07) is 9.67. The Hall–Kier alpha value is -0.910. The molecule has 1 aromatic carbocycles. The molecule has 1 aromatic rings. The van der Waals surface area contributed by atoms with E-state index >= 15 is 0 Å². The van der Waals surface area contributed by atoms with Crippen LogP contribution in [-0.2, 0) is 19.0 Å². The molecule has 1 fully saturated rings. The molecular formula is C10H12O4S. The maximum absolute atomic E-state index is 10.7. The van der Waals surface area contributed by atoms with Gasteiger partial charge in [0, 0.05) is 0 Å². The van der Waals surface area contributed by atoms with Gasteiger partial charge in [0.15, 0.2) is 0 Å². The number of epoxide rings is 1. The van der Waals surface area contributed by atoms with Crippen LogP contribution in [0.5, 0.6) is 0 Å². The van der Waals surface area contributed by atoms with E-state index in [9.17, 15) is 8.42 Å². The summed E-state index contributed by atoms with van der Waals surface area (Å²) in [4.78, 5) is 0. The van der Waals surface area contributed by atoms with Gasteiger partial charge < -0.3 is 4.74 Å². The molecule has 0 N–H and O–H groups in total. The van der Waals surface area contributed by atoms with Crippen molar-refractivity contribution in [2.24, 2.45) is 0 Å². The quantitative estimate of drug-likeness (QED) is 0.572. The zero-order valence-corrected chi connectivity index (χ0v) is 9.11. The topological polar surface area (TPSA) is 55.9 Å². The van der Waals surface area contributed by atoms with Crippen LogP contribution < -0.4 is 0 Å². The van der Waals surface area contributed by atoms with E-state index in [0.29, 0.717) is 0 Å². The maximum Gasteiger partial charge on any atom is 0.264 e. The van der Waals surface area contributed by atoms with Crippen LogP contribution in [0, 0.1) is 0 Å². The molecule has 15 heavy (non-hydrogen) atoms. The molecular weight excluding hydrogens is 216 g/mol. The van der Waals surface area contributed by atoms with E-state index in [2.05, 4.69) is 4.18 Å². The van der Waals surface area contributed by atoms with Crippen LogP contribution in [0.2, 0.25) is 0 Å². The predicted octanol–water partition coefficient (Wildman–Crippen LogP) is 1.10. The van der Waals surface area contributed by atoms with Gasteiger partial charge in [-0.05, 0) is 5.56 Å². The molecule has 1 aliphatic heterocycles. The fourth-order valence-electron chi connectivity index (χ4n) is 1.40. The third-order valence-corrected chi connectivity index (χ3v) is 2.72. The molecule has 82 valence electrons. The summed E-state index contributed by atoms with van der Waals surface area (Å²) in [7, 11) is -3.36. The molecule has 0 bridgehead atoms. The zero-order valence-electron chi connectivity index (χ0n) is 8.29. The minimum Gasteiger partial charge on any atom is -0.362 e. The highest BCUT2D eigenvalue weighted by atomic mass is 32.2. The summed E-state index contributed by atoms with van der Waals surface area (Å²) >= 11 is 0.